The molecule has 2 aliphatic rings. The van der Waals surface area contributed by atoms with Crippen molar-refractivity contribution in [3.05, 3.63) is 64.1 Å². The molecule has 3 atom stereocenters. The summed E-state index contributed by atoms with van der Waals surface area (Å²) in [6.45, 7) is 3.90. The molecular formula is C23H23N5O. The van der Waals surface area contributed by atoms with E-state index in [1.807, 2.05) is 13.8 Å². The van der Waals surface area contributed by atoms with Crippen LogP contribution in [0.3, 0.4) is 0 Å². The van der Waals surface area contributed by atoms with Gasteiger partial charge in [-0.05, 0) is 55.7 Å². The van der Waals surface area contributed by atoms with Crippen LogP contribution >= 0.6 is 0 Å². The van der Waals surface area contributed by atoms with Gasteiger partial charge in [-0.25, -0.2) is 9.50 Å². The first kappa shape index (κ1) is 17.9. The van der Waals surface area contributed by atoms with Crippen LogP contribution in [0.5, 0.6) is 0 Å². The number of nitrogens with one attached hydrogen (secondary N) is 1. The number of amides is 1. The fourth-order valence-electron chi connectivity index (χ4n) is 5.01. The molecule has 3 aromatic rings. The Hall–Kier alpha value is -3.20. The van der Waals surface area contributed by atoms with Crippen LogP contribution in [0.2, 0.25) is 0 Å². The van der Waals surface area contributed by atoms with Crippen LogP contribution < -0.4 is 5.32 Å². The van der Waals surface area contributed by atoms with Gasteiger partial charge in [0, 0.05) is 29.8 Å². The maximum atomic E-state index is 12.7. The third-order valence-electron chi connectivity index (χ3n) is 6.59. The summed E-state index contributed by atoms with van der Waals surface area (Å²) in [7, 11) is 0. The first-order chi connectivity index (χ1) is 14.1. The summed E-state index contributed by atoms with van der Waals surface area (Å²) in [5, 5.41) is 16.7. The third kappa shape index (κ3) is 2.89. The Morgan fingerprint density at radius 3 is 3.00 bits per heavy atom. The number of benzene rings is 1. The number of hydrogen-bond acceptors (Lipinski definition) is 4. The number of aromatic nitrogens is 3. The number of carbonyl (C=O) groups excluding carboxylic acids is 1. The minimum absolute atomic E-state index is 0.0963. The number of rotatable bonds is 4. The highest BCUT2D eigenvalue weighted by molar-refractivity contribution is 5.77. The van der Waals surface area contributed by atoms with E-state index >= 15 is 0 Å². The summed E-state index contributed by atoms with van der Waals surface area (Å²) < 4.78 is 1.70. The van der Waals surface area contributed by atoms with Gasteiger partial charge in [0.25, 0.3) is 0 Å². The smallest absolute Gasteiger partial charge is 0.220 e. The second-order valence-corrected chi connectivity index (χ2v) is 8.19. The van der Waals surface area contributed by atoms with Crippen molar-refractivity contribution in [2.75, 3.05) is 0 Å². The number of aryl methyl sites for hydroxylation is 3. The van der Waals surface area contributed by atoms with E-state index in [4.69, 9.17) is 0 Å². The van der Waals surface area contributed by atoms with Crippen molar-refractivity contribution in [3.63, 3.8) is 0 Å². The average molecular weight is 385 g/mol. The molecule has 1 fully saturated rings. The lowest BCUT2D eigenvalue weighted by atomic mass is 9.92. The van der Waals surface area contributed by atoms with Gasteiger partial charge in [0.2, 0.25) is 5.91 Å². The zero-order valence-corrected chi connectivity index (χ0v) is 16.6. The van der Waals surface area contributed by atoms with E-state index in [2.05, 4.69) is 45.7 Å². The fourth-order valence-corrected chi connectivity index (χ4v) is 5.01. The van der Waals surface area contributed by atoms with Crippen molar-refractivity contribution >= 4 is 11.6 Å². The Kier molecular flexibility index (Phi) is 4.13. The van der Waals surface area contributed by atoms with E-state index in [1.54, 1.807) is 4.52 Å². The molecule has 6 nitrogen and oxygen atoms in total. The van der Waals surface area contributed by atoms with Crippen molar-refractivity contribution < 1.29 is 4.79 Å². The summed E-state index contributed by atoms with van der Waals surface area (Å²) in [6, 6.07) is 11.0. The number of nitriles is 1. The van der Waals surface area contributed by atoms with Gasteiger partial charge in [0.1, 0.15) is 11.6 Å². The van der Waals surface area contributed by atoms with Gasteiger partial charge in [-0.3, -0.25) is 4.79 Å². The maximum absolute atomic E-state index is 12.7. The molecule has 0 unspecified atom stereocenters. The zero-order valence-electron chi connectivity index (χ0n) is 16.6. The Bertz CT molecular complexity index is 1170. The SMILES string of the molecule is Cc1nc2c(C#N)cnn2c(C)c1CCC(=O)N[C@@H]1[C@@H]2CCc3ccccc3[C@H]21. The molecule has 2 heterocycles. The van der Waals surface area contributed by atoms with E-state index in [1.165, 1.54) is 17.3 Å². The monoisotopic (exact) mass is 385 g/mol. The van der Waals surface area contributed by atoms with Crippen LogP contribution in [0, 0.1) is 31.1 Å². The lowest BCUT2D eigenvalue weighted by molar-refractivity contribution is -0.121. The fraction of sp³-hybridized carbons (Fsp3) is 0.391. The van der Waals surface area contributed by atoms with Crippen molar-refractivity contribution in [2.45, 2.75) is 51.5 Å². The lowest BCUT2D eigenvalue weighted by Gasteiger charge is -2.13. The van der Waals surface area contributed by atoms with E-state index in [-0.39, 0.29) is 11.9 Å². The van der Waals surface area contributed by atoms with Crippen molar-refractivity contribution in [2.24, 2.45) is 5.92 Å². The van der Waals surface area contributed by atoms with Gasteiger partial charge in [0.15, 0.2) is 5.65 Å². The Balaban J connectivity index is 1.27. The van der Waals surface area contributed by atoms with Crippen molar-refractivity contribution in [1.82, 2.24) is 19.9 Å². The molecule has 2 aliphatic carbocycles. The number of nitrogens with zero attached hydrogens (tertiary/aromatic N) is 4. The standard InChI is InChI=1S/C23H23N5O/c1-13-17(14(2)28-23(26-13)16(11-24)12-25-28)9-10-20(29)27-22-19-8-7-15-5-3-4-6-18(15)21(19)22/h3-6,12,19,21-22H,7-10H2,1-2H3,(H,27,29)/t19-,21-,22-/m1/s1. The summed E-state index contributed by atoms with van der Waals surface area (Å²) in [4.78, 5) is 17.2. The van der Waals surface area contributed by atoms with Crippen LogP contribution in [0.4, 0.5) is 0 Å². The Morgan fingerprint density at radius 2 is 2.17 bits per heavy atom. The Morgan fingerprint density at radius 1 is 1.34 bits per heavy atom. The van der Waals surface area contributed by atoms with Gasteiger partial charge >= 0.3 is 0 Å². The molecule has 2 aromatic heterocycles. The molecule has 6 heteroatoms. The van der Waals surface area contributed by atoms with Crippen LogP contribution in [-0.4, -0.2) is 26.5 Å². The predicted octanol–water partition coefficient (Wildman–Crippen LogP) is 3.00. The van der Waals surface area contributed by atoms with E-state index in [0.717, 1.165) is 29.8 Å². The van der Waals surface area contributed by atoms with Gasteiger partial charge in [-0.2, -0.15) is 10.4 Å². The molecule has 0 aliphatic heterocycles. The molecule has 1 amide bonds. The molecular weight excluding hydrogens is 362 g/mol. The highest BCUT2D eigenvalue weighted by atomic mass is 16.1. The van der Waals surface area contributed by atoms with E-state index < -0.39 is 0 Å². The summed E-state index contributed by atoms with van der Waals surface area (Å²) in [5.74, 6) is 1.17. The minimum Gasteiger partial charge on any atom is -0.352 e. The molecule has 0 radical (unpaired) electrons. The predicted molar refractivity (Wildman–Crippen MR) is 108 cm³/mol. The zero-order chi connectivity index (χ0) is 20.1. The van der Waals surface area contributed by atoms with Gasteiger partial charge < -0.3 is 5.32 Å². The van der Waals surface area contributed by atoms with Crippen LogP contribution in [0.1, 0.15) is 52.4 Å². The molecule has 0 spiro atoms. The van der Waals surface area contributed by atoms with Crippen molar-refractivity contribution in [3.8, 4) is 6.07 Å². The van der Waals surface area contributed by atoms with E-state index in [0.29, 0.717) is 35.9 Å². The first-order valence-corrected chi connectivity index (χ1v) is 10.2. The van der Waals surface area contributed by atoms with Gasteiger partial charge in [0.05, 0.1) is 6.20 Å². The Labute approximate surface area is 169 Å². The third-order valence-corrected chi connectivity index (χ3v) is 6.59. The average Bonchev–Trinajstić information content (AvgIpc) is 3.26. The van der Waals surface area contributed by atoms with Crippen molar-refractivity contribution in [1.29, 1.82) is 5.26 Å². The molecule has 1 N–H and O–H groups in total. The highest BCUT2D eigenvalue weighted by Gasteiger charge is 2.53. The van der Waals surface area contributed by atoms with E-state index in [9.17, 15) is 10.1 Å². The molecule has 0 bridgehead atoms. The van der Waals surface area contributed by atoms with Crippen LogP contribution in [0.25, 0.3) is 5.65 Å². The molecule has 1 saturated carbocycles. The summed E-state index contributed by atoms with van der Waals surface area (Å²) >= 11 is 0. The molecule has 5 rings (SSSR count). The van der Waals surface area contributed by atoms with Crippen LogP contribution in [-0.2, 0) is 17.6 Å². The number of fused-ring (bicyclic) bond motifs is 4. The van der Waals surface area contributed by atoms with Gasteiger partial charge in [-0.15, -0.1) is 0 Å². The quantitative estimate of drug-likeness (QED) is 0.748. The largest absolute Gasteiger partial charge is 0.352 e. The number of hydrogen-bond donors (Lipinski definition) is 1. The topological polar surface area (TPSA) is 83.1 Å². The highest BCUT2D eigenvalue weighted by Crippen LogP contribution is 2.54. The molecule has 146 valence electrons. The maximum Gasteiger partial charge on any atom is 0.220 e. The number of carbonyl (C=O) groups is 1. The normalized spacial score (nSPS) is 21.9. The summed E-state index contributed by atoms with van der Waals surface area (Å²) in [6.07, 6.45) is 4.86. The minimum atomic E-state index is 0.0963. The molecule has 29 heavy (non-hydrogen) atoms. The van der Waals surface area contributed by atoms with Crippen LogP contribution in [0.15, 0.2) is 30.5 Å². The molecule has 0 saturated heterocycles. The summed E-state index contributed by atoms with van der Waals surface area (Å²) in [5.41, 5.74) is 6.73. The lowest BCUT2D eigenvalue weighted by Crippen LogP contribution is -2.28. The van der Waals surface area contributed by atoms with Gasteiger partial charge in [-0.1, -0.05) is 24.3 Å². The molecule has 1 aromatic carbocycles. The second-order valence-electron chi connectivity index (χ2n) is 8.19. The second kappa shape index (κ2) is 6.70. The first-order valence-electron chi connectivity index (χ1n) is 10.2.